The molecule has 0 atom stereocenters. The van der Waals surface area contributed by atoms with Gasteiger partial charge >= 0.3 is 6.36 Å². The maximum atomic E-state index is 15.0. The minimum atomic E-state index is -5.28. The number of alkyl halides is 3. The number of hydrogen-bond donors (Lipinski definition) is 0. The highest BCUT2D eigenvalue weighted by Crippen LogP contribution is 2.37. The lowest BCUT2D eigenvalue weighted by molar-refractivity contribution is -0.276. The molecule has 0 unspecified atom stereocenters. The molecule has 0 spiro atoms. The summed E-state index contributed by atoms with van der Waals surface area (Å²) < 4.78 is 99.5. The molecule has 1 saturated carbocycles. The molecule has 194 valence electrons. The summed E-state index contributed by atoms with van der Waals surface area (Å²) in [5, 5.41) is -0.524. The zero-order chi connectivity index (χ0) is 26.0. The largest absolute Gasteiger partial charge is 0.573 e. The van der Waals surface area contributed by atoms with Gasteiger partial charge in [0.05, 0.1) is 5.56 Å². The number of hydrogen-bond acceptors (Lipinski definition) is 1. The molecule has 3 aromatic rings. The van der Waals surface area contributed by atoms with Crippen molar-refractivity contribution in [2.45, 2.75) is 64.7 Å². The van der Waals surface area contributed by atoms with Gasteiger partial charge in [-0.2, -0.15) is 0 Å². The third kappa shape index (κ3) is 5.95. The first-order valence-electron chi connectivity index (χ1n) is 12.2. The topological polar surface area (TPSA) is 9.23 Å². The summed E-state index contributed by atoms with van der Waals surface area (Å²) >= 11 is 0. The van der Waals surface area contributed by atoms with E-state index in [9.17, 15) is 30.7 Å². The van der Waals surface area contributed by atoms with E-state index in [1.807, 2.05) is 0 Å². The number of benzene rings is 3. The molecule has 1 nitrogen and oxygen atoms in total. The average Bonchev–Trinajstić information content (AvgIpc) is 2.80. The average molecular weight is 513 g/mol. The van der Waals surface area contributed by atoms with Crippen LogP contribution in [0.2, 0.25) is 0 Å². The van der Waals surface area contributed by atoms with Gasteiger partial charge in [0.2, 0.25) is 5.75 Å². The Morgan fingerprint density at radius 2 is 1.42 bits per heavy atom. The van der Waals surface area contributed by atoms with E-state index in [1.54, 1.807) is 0 Å². The second-order valence-corrected chi connectivity index (χ2v) is 9.63. The Hall–Kier alpha value is -2.77. The summed E-state index contributed by atoms with van der Waals surface area (Å²) in [4.78, 5) is 0. The van der Waals surface area contributed by atoms with Crippen molar-refractivity contribution >= 4 is 10.8 Å². The predicted molar refractivity (Wildman–Crippen MR) is 125 cm³/mol. The lowest BCUT2D eigenvalue weighted by Crippen LogP contribution is -2.19. The van der Waals surface area contributed by atoms with Gasteiger partial charge in [-0.3, -0.25) is 0 Å². The van der Waals surface area contributed by atoms with Gasteiger partial charge in [0.1, 0.15) is 11.6 Å². The first kappa shape index (κ1) is 26.3. The van der Waals surface area contributed by atoms with Crippen molar-refractivity contribution in [3.8, 4) is 16.9 Å². The van der Waals surface area contributed by atoms with Crippen molar-refractivity contribution in [2.24, 2.45) is 11.8 Å². The van der Waals surface area contributed by atoms with Crippen LogP contribution < -0.4 is 4.74 Å². The summed E-state index contributed by atoms with van der Waals surface area (Å²) in [6.07, 6.45) is 3.23. The van der Waals surface area contributed by atoms with Crippen LogP contribution in [0.15, 0.2) is 36.4 Å². The predicted octanol–water partition coefficient (Wildman–Crippen LogP) is 9.50. The van der Waals surface area contributed by atoms with Crippen LogP contribution in [0.4, 0.5) is 30.7 Å². The minimum Gasteiger partial charge on any atom is -0.399 e. The van der Waals surface area contributed by atoms with Gasteiger partial charge in [-0.05, 0) is 65.5 Å². The maximum absolute atomic E-state index is 15.0. The molecule has 1 aliphatic carbocycles. The molecule has 1 fully saturated rings. The molecule has 0 N–H and O–H groups in total. The van der Waals surface area contributed by atoms with Crippen molar-refractivity contribution < 1.29 is 35.5 Å². The molecule has 3 aromatic carbocycles. The van der Waals surface area contributed by atoms with Crippen LogP contribution >= 0.6 is 0 Å². The van der Waals surface area contributed by atoms with Crippen molar-refractivity contribution in [2.75, 3.05) is 0 Å². The third-order valence-corrected chi connectivity index (χ3v) is 7.10. The van der Waals surface area contributed by atoms with E-state index in [2.05, 4.69) is 11.7 Å². The molecule has 0 heterocycles. The fraction of sp³-hybridized carbons (Fsp3) is 0.429. The van der Waals surface area contributed by atoms with Crippen LogP contribution in [0.3, 0.4) is 0 Å². The normalized spacial score (nSPS) is 18.6. The van der Waals surface area contributed by atoms with Crippen LogP contribution in [0.1, 0.15) is 57.4 Å². The van der Waals surface area contributed by atoms with Gasteiger partial charge in [-0.15, -0.1) is 13.2 Å². The molecule has 0 radical (unpaired) electrons. The second-order valence-electron chi connectivity index (χ2n) is 9.63. The van der Waals surface area contributed by atoms with Crippen molar-refractivity contribution in [1.82, 2.24) is 0 Å². The van der Waals surface area contributed by atoms with E-state index in [0.717, 1.165) is 37.3 Å². The fourth-order valence-corrected chi connectivity index (χ4v) is 5.31. The van der Waals surface area contributed by atoms with E-state index >= 15 is 0 Å². The molecule has 36 heavy (non-hydrogen) atoms. The Morgan fingerprint density at radius 3 is 2.00 bits per heavy atom. The summed E-state index contributed by atoms with van der Waals surface area (Å²) in [6.45, 7) is 2.19. The van der Waals surface area contributed by atoms with Crippen molar-refractivity contribution in [1.29, 1.82) is 0 Å². The Morgan fingerprint density at radius 1 is 0.806 bits per heavy atom. The zero-order valence-electron chi connectivity index (χ0n) is 19.8. The molecule has 0 amide bonds. The SMILES string of the molecule is CCCC1CCC(CCc2cc(F)c(-c3ccc4c(F)c(OC(F)(F)F)c(F)cc4c3)c(F)c2)CC1. The smallest absolute Gasteiger partial charge is 0.399 e. The summed E-state index contributed by atoms with van der Waals surface area (Å²) in [5.41, 5.74) is 0.190. The lowest BCUT2D eigenvalue weighted by Gasteiger charge is -2.28. The van der Waals surface area contributed by atoms with Gasteiger partial charge in [-0.25, -0.2) is 17.6 Å². The minimum absolute atomic E-state index is 0.0154. The van der Waals surface area contributed by atoms with Crippen LogP contribution in [0.25, 0.3) is 21.9 Å². The zero-order valence-corrected chi connectivity index (χ0v) is 19.8. The van der Waals surface area contributed by atoms with Crippen LogP contribution in [-0.2, 0) is 6.42 Å². The Labute approximate surface area is 205 Å². The first-order valence-corrected chi connectivity index (χ1v) is 12.2. The van der Waals surface area contributed by atoms with E-state index in [0.29, 0.717) is 24.0 Å². The van der Waals surface area contributed by atoms with Gasteiger partial charge in [0.25, 0.3) is 0 Å². The van der Waals surface area contributed by atoms with E-state index < -0.39 is 35.4 Å². The summed E-state index contributed by atoms with van der Waals surface area (Å²) in [5.74, 6) is -5.00. The molecular formula is C28H27F7O. The Bertz CT molecular complexity index is 1200. The fourth-order valence-electron chi connectivity index (χ4n) is 5.31. The second kappa shape index (κ2) is 10.7. The first-order chi connectivity index (χ1) is 17.1. The van der Waals surface area contributed by atoms with Crippen LogP contribution in [0.5, 0.6) is 5.75 Å². The van der Waals surface area contributed by atoms with Crippen molar-refractivity contribution in [3.63, 3.8) is 0 Å². The highest BCUT2D eigenvalue weighted by Gasteiger charge is 2.34. The number of aryl methyl sites for hydroxylation is 1. The third-order valence-electron chi connectivity index (χ3n) is 7.10. The quantitative estimate of drug-likeness (QED) is 0.287. The summed E-state index contributed by atoms with van der Waals surface area (Å²) in [7, 11) is 0. The number of fused-ring (bicyclic) bond motifs is 1. The summed E-state index contributed by atoms with van der Waals surface area (Å²) in [6, 6.07) is 6.54. The number of rotatable bonds is 7. The molecular weight excluding hydrogens is 485 g/mol. The molecule has 0 aliphatic heterocycles. The Balaban J connectivity index is 1.53. The monoisotopic (exact) mass is 512 g/mol. The standard InChI is InChI=1S/C28H27F7O/c1-2-3-16-4-6-17(7-5-16)8-9-18-12-22(29)25(23(30)13-18)19-10-11-21-20(14-19)15-24(31)27(26(21)32)36-28(33,34)35/h10-17H,2-9H2,1H3. The highest BCUT2D eigenvalue weighted by molar-refractivity contribution is 5.89. The maximum Gasteiger partial charge on any atom is 0.573 e. The number of halogens is 7. The molecule has 4 rings (SSSR count). The van der Waals surface area contributed by atoms with E-state index in [-0.39, 0.29) is 21.9 Å². The lowest BCUT2D eigenvalue weighted by atomic mass is 9.78. The van der Waals surface area contributed by atoms with Crippen LogP contribution in [0, 0.1) is 35.1 Å². The molecule has 8 heteroatoms. The molecule has 1 aliphatic rings. The van der Waals surface area contributed by atoms with Gasteiger partial charge < -0.3 is 4.74 Å². The van der Waals surface area contributed by atoms with Crippen molar-refractivity contribution in [3.05, 3.63) is 65.2 Å². The van der Waals surface area contributed by atoms with Gasteiger partial charge in [0.15, 0.2) is 11.6 Å². The van der Waals surface area contributed by atoms with Crippen LogP contribution in [-0.4, -0.2) is 6.36 Å². The van der Waals surface area contributed by atoms with E-state index in [1.165, 1.54) is 43.9 Å². The highest BCUT2D eigenvalue weighted by atomic mass is 19.4. The number of ether oxygens (including phenoxy) is 1. The molecule has 0 aromatic heterocycles. The molecule has 0 bridgehead atoms. The molecule has 0 saturated heterocycles. The van der Waals surface area contributed by atoms with E-state index in [4.69, 9.17) is 0 Å². The Kier molecular flexibility index (Phi) is 7.81. The van der Waals surface area contributed by atoms with Gasteiger partial charge in [-0.1, -0.05) is 57.6 Å². The van der Waals surface area contributed by atoms with Gasteiger partial charge in [0, 0.05) is 5.39 Å².